The van der Waals surface area contributed by atoms with E-state index in [9.17, 15) is 0 Å². The summed E-state index contributed by atoms with van der Waals surface area (Å²) < 4.78 is 0. The molecule has 1 N–H and O–H groups in total. The standard InChI is InChI=1S/C16H28N4/c1-13(2)18-11-14-7-5-9-17-16(14)20(4)15-8-6-10-19(3)12-15/h5,7,9,13,15,18H,6,8,10-12H2,1-4H3. The zero-order valence-electron chi connectivity index (χ0n) is 13.3. The van der Waals surface area contributed by atoms with Crippen molar-refractivity contribution < 1.29 is 0 Å². The summed E-state index contributed by atoms with van der Waals surface area (Å²) in [6, 6.07) is 5.28. The van der Waals surface area contributed by atoms with Crippen LogP contribution in [-0.2, 0) is 6.54 Å². The highest BCUT2D eigenvalue weighted by molar-refractivity contribution is 5.47. The summed E-state index contributed by atoms with van der Waals surface area (Å²) in [5.74, 6) is 1.13. The molecule has 4 heteroatoms. The molecule has 0 bridgehead atoms. The molecule has 0 amide bonds. The summed E-state index contributed by atoms with van der Waals surface area (Å²) in [6.07, 6.45) is 4.43. The predicted octanol–water partition coefficient (Wildman–Crippen LogP) is 2.11. The molecule has 1 aliphatic rings. The second kappa shape index (κ2) is 7.04. The van der Waals surface area contributed by atoms with Gasteiger partial charge in [0.15, 0.2) is 0 Å². The van der Waals surface area contributed by atoms with Gasteiger partial charge in [-0.05, 0) is 32.5 Å². The molecule has 112 valence electrons. The molecule has 4 nitrogen and oxygen atoms in total. The van der Waals surface area contributed by atoms with E-state index < -0.39 is 0 Å². The number of piperidine rings is 1. The van der Waals surface area contributed by atoms with E-state index in [0.29, 0.717) is 12.1 Å². The molecule has 0 saturated carbocycles. The molecule has 0 spiro atoms. The van der Waals surface area contributed by atoms with Gasteiger partial charge < -0.3 is 15.1 Å². The molecule has 2 rings (SSSR count). The van der Waals surface area contributed by atoms with Crippen molar-refractivity contribution in [2.24, 2.45) is 0 Å². The average molecular weight is 276 g/mol. The quantitative estimate of drug-likeness (QED) is 0.892. The lowest BCUT2D eigenvalue weighted by atomic mass is 10.0. The molecule has 0 aliphatic carbocycles. The fourth-order valence-corrected chi connectivity index (χ4v) is 2.83. The van der Waals surface area contributed by atoms with Gasteiger partial charge in [0.2, 0.25) is 0 Å². The summed E-state index contributed by atoms with van der Waals surface area (Å²) >= 11 is 0. The minimum absolute atomic E-state index is 0.495. The summed E-state index contributed by atoms with van der Waals surface area (Å²) in [4.78, 5) is 9.41. The minimum atomic E-state index is 0.495. The maximum absolute atomic E-state index is 4.62. The summed E-state index contributed by atoms with van der Waals surface area (Å²) in [7, 11) is 4.39. The highest BCUT2D eigenvalue weighted by Gasteiger charge is 2.23. The van der Waals surface area contributed by atoms with Gasteiger partial charge in [0.25, 0.3) is 0 Å². The number of likely N-dealkylation sites (N-methyl/N-ethyl adjacent to an activating group) is 2. The van der Waals surface area contributed by atoms with Gasteiger partial charge in [0.05, 0.1) is 0 Å². The normalized spacial score (nSPS) is 20.4. The van der Waals surface area contributed by atoms with Crippen LogP contribution in [0.1, 0.15) is 32.3 Å². The Hall–Kier alpha value is -1.13. The third kappa shape index (κ3) is 3.93. The molecule has 1 aliphatic heterocycles. The van der Waals surface area contributed by atoms with E-state index in [1.807, 2.05) is 12.3 Å². The molecule has 2 heterocycles. The lowest BCUT2D eigenvalue weighted by Crippen LogP contribution is -2.45. The van der Waals surface area contributed by atoms with Gasteiger partial charge in [-0.25, -0.2) is 4.98 Å². The Bertz CT molecular complexity index is 419. The van der Waals surface area contributed by atoms with E-state index in [0.717, 1.165) is 18.9 Å². The SMILES string of the molecule is CC(C)NCc1cccnc1N(C)C1CCCN(C)C1. The maximum Gasteiger partial charge on any atom is 0.133 e. The molecule has 1 aromatic rings. The number of pyridine rings is 1. The minimum Gasteiger partial charge on any atom is -0.355 e. The second-order valence-electron chi connectivity index (χ2n) is 6.19. The van der Waals surface area contributed by atoms with E-state index >= 15 is 0 Å². The fourth-order valence-electron chi connectivity index (χ4n) is 2.83. The van der Waals surface area contributed by atoms with Gasteiger partial charge in [0.1, 0.15) is 5.82 Å². The van der Waals surface area contributed by atoms with E-state index in [1.165, 1.54) is 24.9 Å². The number of hydrogen-bond acceptors (Lipinski definition) is 4. The second-order valence-corrected chi connectivity index (χ2v) is 6.19. The number of likely N-dealkylation sites (tertiary alicyclic amines) is 1. The summed E-state index contributed by atoms with van der Waals surface area (Å²) in [5.41, 5.74) is 1.29. The van der Waals surface area contributed by atoms with E-state index in [-0.39, 0.29) is 0 Å². The predicted molar refractivity (Wildman–Crippen MR) is 85.1 cm³/mol. The number of aromatic nitrogens is 1. The van der Waals surface area contributed by atoms with Crippen LogP contribution in [0.5, 0.6) is 0 Å². The molecular weight excluding hydrogens is 248 g/mol. The van der Waals surface area contributed by atoms with Crippen LogP contribution in [0.25, 0.3) is 0 Å². The van der Waals surface area contributed by atoms with Crippen molar-refractivity contribution in [3.63, 3.8) is 0 Å². The third-order valence-electron chi connectivity index (χ3n) is 4.05. The number of nitrogens with zero attached hydrogens (tertiary/aromatic N) is 3. The molecular formula is C16H28N4. The molecule has 1 aromatic heterocycles. The van der Waals surface area contributed by atoms with Crippen LogP contribution >= 0.6 is 0 Å². The van der Waals surface area contributed by atoms with Crippen molar-refractivity contribution in [2.45, 2.75) is 45.3 Å². The highest BCUT2D eigenvalue weighted by Crippen LogP contribution is 2.22. The Morgan fingerprint density at radius 1 is 1.50 bits per heavy atom. The van der Waals surface area contributed by atoms with Crippen molar-refractivity contribution in [1.82, 2.24) is 15.2 Å². The lowest BCUT2D eigenvalue weighted by molar-refractivity contribution is 0.247. The Morgan fingerprint density at radius 2 is 2.30 bits per heavy atom. The Balaban J connectivity index is 2.10. The highest BCUT2D eigenvalue weighted by atomic mass is 15.2. The first-order valence-electron chi connectivity index (χ1n) is 7.66. The number of anilines is 1. The van der Waals surface area contributed by atoms with Gasteiger partial charge in [-0.1, -0.05) is 19.9 Å². The summed E-state index contributed by atoms with van der Waals surface area (Å²) in [6.45, 7) is 7.58. The monoisotopic (exact) mass is 276 g/mol. The zero-order valence-corrected chi connectivity index (χ0v) is 13.3. The molecule has 1 saturated heterocycles. The number of rotatable bonds is 5. The molecule has 1 fully saturated rings. The first-order valence-corrected chi connectivity index (χ1v) is 7.66. The molecule has 0 aromatic carbocycles. The summed E-state index contributed by atoms with van der Waals surface area (Å²) in [5, 5.41) is 3.49. The van der Waals surface area contributed by atoms with E-state index in [4.69, 9.17) is 0 Å². The van der Waals surface area contributed by atoms with Crippen LogP contribution in [0, 0.1) is 0 Å². The molecule has 20 heavy (non-hydrogen) atoms. The van der Waals surface area contributed by atoms with Crippen LogP contribution in [0.3, 0.4) is 0 Å². The molecule has 0 radical (unpaired) electrons. The Kier molecular flexibility index (Phi) is 5.38. The first-order chi connectivity index (χ1) is 9.58. The number of nitrogens with one attached hydrogen (secondary N) is 1. The molecule has 1 unspecified atom stereocenters. The van der Waals surface area contributed by atoms with Crippen LogP contribution in [0.2, 0.25) is 0 Å². The van der Waals surface area contributed by atoms with Crippen LogP contribution < -0.4 is 10.2 Å². The largest absolute Gasteiger partial charge is 0.355 e. The van der Waals surface area contributed by atoms with E-state index in [2.05, 4.69) is 54.1 Å². The van der Waals surface area contributed by atoms with Crippen LogP contribution in [0.15, 0.2) is 18.3 Å². The fraction of sp³-hybridized carbons (Fsp3) is 0.688. The third-order valence-corrected chi connectivity index (χ3v) is 4.05. The molecule has 1 atom stereocenters. The van der Waals surface area contributed by atoms with Crippen molar-refractivity contribution in [3.8, 4) is 0 Å². The van der Waals surface area contributed by atoms with Gasteiger partial charge in [-0.2, -0.15) is 0 Å². The van der Waals surface area contributed by atoms with Crippen molar-refractivity contribution in [3.05, 3.63) is 23.9 Å². The van der Waals surface area contributed by atoms with Crippen molar-refractivity contribution in [2.75, 3.05) is 32.1 Å². The zero-order chi connectivity index (χ0) is 14.5. The Morgan fingerprint density at radius 3 is 3.00 bits per heavy atom. The van der Waals surface area contributed by atoms with Crippen molar-refractivity contribution in [1.29, 1.82) is 0 Å². The number of hydrogen-bond donors (Lipinski definition) is 1. The maximum atomic E-state index is 4.62. The van der Waals surface area contributed by atoms with Gasteiger partial charge >= 0.3 is 0 Å². The Labute approximate surface area is 123 Å². The first kappa shape index (κ1) is 15.3. The van der Waals surface area contributed by atoms with Crippen LogP contribution in [0.4, 0.5) is 5.82 Å². The van der Waals surface area contributed by atoms with Gasteiger partial charge in [-0.3, -0.25) is 0 Å². The van der Waals surface area contributed by atoms with Crippen LogP contribution in [-0.4, -0.2) is 49.2 Å². The topological polar surface area (TPSA) is 31.4 Å². The average Bonchev–Trinajstić information content (AvgIpc) is 2.44. The van der Waals surface area contributed by atoms with Gasteiger partial charge in [0, 0.05) is 44.0 Å². The van der Waals surface area contributed by atoms with Gasteiger partial charge in [-0.15, -0.1) is 0 Å². The lowest BCUT2D eigenvalue weighted by Gasteiger charge is -2.37. The van der Waals surface area contributed by atoms with E-state index in [1.54, 1.807) is 0 Å². The van der Waals surface area contributed by atoms with Crippen molar-refractivity contribution >= 4 is 5.82 Å². The smallest absolute Gasteiger partial charge is 0.133 e.